The van der Waals surface area contributed by atoms with Crippen molar-refractivity contribution in [2.75, 3.05) is 57.4 Å². The van der Waals surface area contributed by atoms with Crippen LogP contribution in [0.3, 0.4) is 0 Å². The number of hydrogen-bond donors (Lipinski definition) is 1. The second-order valence-corrected chi connectivity index (χ2v) is 11.3. The summed E-state index contributed by atoms with van der Waals surface area (Å²) in [6.07, 6.45) is 3.93. The summed E-state index contributed by atoms with van der Waals surface area (Å²) in [6, 6.07) is 7.86. The maximum Gasteiger partial charge on any atom is 0.152 e. The molecule has 3 aliphatic rings. The number of aliphatic hydroxyl groups is 1. The summed E-state index contributed by atoms with van der Waals surface area (Å²) in [6.45, 7) is 5.60. The molecule has 3 saturated heterocycles. The summed E-state index contributed by atoms with van der Waals surface area (Å²) in [7, 11) is -2.86. The van der Waals surface area contributed by atoms with E-state index in [-0.39, 0.29) is 23.7 Å². The molecule has 1 unspecified atom stereocenters. The maximum atomic E-state index is 11.6. The lowest BCUT2D eigenvalue weighted by molar-refractivity contribution is -0.0511. The van der Waals surface area contributed by atoms with E-state index in [0.717, 1.165) is 43.9 Å². The van der Waals surface area contributed by atoms with E-state index in [0.29, 0.717) is 26.2 Å². The zero-order valence-corrected chi connectivity index (χ0v) is 18.5. The van der Waals surface area contributed by atoms with Crippen molar-refractivity contribution in [2.45, 2.75) is 43.9 Å². The Kier molecular flexibility index (Phi) is 6.99. The maximum absolute atomic E-state index is 11.6. The molecule has 4 rings (SSSR count). The predicted molar refractivity (Wildman–Crippen MR) is 115 cm³/mol. The van der Waals surface area contributed by atoms with Crippen LogP contribution in [0.25, 0.3) is 0 Å². The third-order valence-electron chi connectivity index (χ3n) is 6.61. The molecule has 8 heteroatoms. The Morgan fingerprint density at radius 2 is 1.87 bits per heavy atom. The molecule has 1 spiro atoms. The van der Waals surface area contributed by atoms with Crippen LogP contribution in [-0.2, 0) is 21.1 Å². The number of β-amino-alcohol motifs (C(OH)–C–C–N with tert-alkyl or cyclic N) is 1. The molecule has 3 aliphatic heterocycles. The van der Waals surface area contributed by atoms with Gasteiger partial charge in [-0.1, -0.05) is 12.1 Å². The highest BCUT2D eigenvalue weighted by Crippen LogP contribution is 2.35. The van der Waals surface area contributed by atoms with Crippen molar-refractivity contribution in [1.82, 2.24) is 9.80 Å². The summed E-state index contributed by atoms with van der Waals surface area (Å²) in [5.74, 6) is 1.21. The van der Waals surface area contributed by atoms with Gasteiger partial charge < -0.3 is 19.5 Å². The van der Waals surface area contributed by atoms with E-state index in [1.165, 1.54) is 12.8 Å². The lowest BCUT2D eigenvalue weighted by Crippen LogP contribution is -2.47. The summed E-state index contributed by atoms with van der Waals surface area (Å²) >= 11 is 0. The van der Waals surface area contributed by atoms with Gasteiger partial charge in [-0.05, 0) is 43.4 Å². The highest BCUT2D eigenvalue weighted by molar-refractivity contribution is 7.91. The van der Waals surface area contributed by atoms with E-state index in [1.54, 1.807) is 0 Å². The number of aliphatic hydroxyl groups excluding tert-OH is 1. The number of piperidine rings is 1. The molecule has 0 bridgehead atoms. The molecule has 0 saturated carbocycles. The summed E-state index contributed by atoms with van der Waals surface area (Å²) < 4.78 is 35.0. The smallest absolute Gasteiger partial charge is 0.152 e. The van der Waals surface area contributed by atoms with Gasteiger partial charge >= 0.3 is 0 Å². The SMILES string of the molecule is O=S1(=O)CCN(Cc2cccc(OCC(O)CN3CCC4(CCCO4)CC3)c2)CC1. The first kappa shape index (κ1) is 22.0. The molecule has 0 amide bonds. The lowest BCUT2D eigenvalue weighted by Gasteiger charge is -2.39. The van der Waals surface area contributed by atoms with Gasteiger partial charge in [0.25, 0.3) is 0 Å². The fraction of sp³-hybridized carbons (Fsp3) is 0.727. The van der Waals surface area contributed by atoms with Crippen molar-refractivity contribution in [3.8, 4) is 5.75 Å². The topological polar surface area (TPSA) is 79.3 Å². The number of sulfone groups is 1. The van der Waals surface area contributed by atoms with Crippen LogP contribution < -0.4 is 4.74 Å². The molecule has 0 radical (unpaired) electrons. The van der Waals surface area contributed by atoms with E-state index >= 15 is 0 Å². The van der Waals surface area contributed by atoms with E-state index in [1.807, 2.05) is 24.3 Å². The second-order valence-electron chi connectivity index (χ2n) is 8.98. The van der Waals surface area contributed by atoms with Gasteiger partial charge in [0.2, 0.25) is 0 Å². The van der Waals surface area contributed by atoms with E-state index < -0.39 is 15.9 Å². The van der Waals surface area contributed by atoms with Crippen molar-refractivity contribution >= 4 is 9.84 Å². The minimum atomic E-state index is -2.86. The van der Waals surface area contributed by atoms with Crippen LogP contribution in [-0.4, -0.2) is 92.5 Å². The fourth-order valence-electron chi connectivity index (χ4n) is 4.74. The van der Waals surface area contributed by atoms with Crippen molar-refractivity contribution < 1.29 is 23.0 Å². The van der Waals surface area contributed by atoms with Crippen molar-refractivity contribution in [1.29, 1.82) is 0 Å². The van der Waals surface area contributed by atoms with Gasteiger partial charge in [0, 0.05) is 45.9 Å². The summed E-state index contributed by atoms with van der Waals surface area (Å²) in [5, 5.41) is 10.4. The van der Waals surface area contributed by atoms with Crippen molar-refractivity contribution in [3.63, 3.8) is 0 Å². The van der Waals surface area contributed by atoms with Crippen LogP contribution in [0, 0.1) is 0 Å². The van der Waals surface area contributed by atoms with E-state index in [2.05, 4.69) is 9.80 Å². The van der Waals surface area contributed by atoms with Gasteiger partial charge in [-0.25, -0.2) is 8.42 Å². The Morgan fingerprint density at radius 1 is 1.10 bits per heavy atom. The number of likely N-dealkylation sites (tertiary alicyclic amines) is 1. The summed E-state index contributed by atoms with van der Waals surface area (Å²) in [4.78, 5) is 4.47. The normalized spacial score (nSPS) is 25.4. The van der Waals surface area contributed by atoms with Gasteiger partial charge in [-0.15, -0.1) is 0 Å². The molecular weight excluding hydrogens is 404 g/mol. The lowest BCUT2D eigenvalue weighted by atomic mass is 9.88. The fourth-order valence-corrected chi connectivity index (χ4v) is 6.01. The molecule has 168 valence electrons. The Balaban J connectivity index is 1.20. The highest BCUT2D eigenvalue weighted by atomic mass is 32.2. The molecule has 1 aromatic rings. The number of hydrogen-bond acceptors (Lipinski definition) is 7. The molecule has 1 atom stereocenters. The van der Waals surface area contributed by atoms with Crippen LogP contribution >= 0.6 is 0 Å². The van der Waals surface area contributed by atoms with Gasteiger partial charge in [0.05, 0.1) is 17.1 Å². The molecule has 1 aromatic carbocycles. The number of rotatable bonds is 7. The molecule has 0 aromatic heterocycles. The quantitative estimate of drug-likeness (QED) is 0.687. The zero-order valence-electron chi connectivity index (χ0n) is 17.7. The summed E-state index contributed by atoms with van der Waals surface area (Å²) in [5.41, 5.74) is 1.20. The number of benzene rings is 1. The predicted octanol–water partition coefficient (Wildman–Crippen LogP) is 1.30. The van der Waals surface area contributed by atoms with E-state index in [9.17, 15) is 13.5 Å². The molecule has 0 aliphatic carbocycles. The standard InChI is InChI=1S/C22H34N2O5S/c25-20(17-23-8-6-22(7-9-23)5-2-12-29-22)18-28-21-4-1-3-19(15-21)16-24-10-13-30(26,27)14-11-24/h1,3-4,15,20,25H,2,5-14,16-18H2. The highest BCUT2D eigenvalue weighted by Gasteiger charge is 2.38. The zero-order chi connectivity index (χ0) is 21.0. The molecule has 30 heavy (non-hydrogen) atoms. The Hall–Kier alpha value is -1.19. The Labute approximate surface area is 179 Å². The third-order valence-corrected chi connectivity index (χ3v) is 8.21. The first-order valence-electron chi connectivity index (χ1n) is 11.1. The number of nitrogens with zero attached hydrogens (tertiary/aromatic N) is 2. The average Bonchev–Trinajstić information content (AvgIpc) is 3.18. The molecule has 7 nitrogen and oxygen atoms in total. The van der Waals surface area contributed by atoms with Crippen LogP contribution in [0.4, 0.5) is 0 Å². The van der Waals surface area contributed by atoms with Crippen LogP contribution in [0.1, 0.15) is 31.2 Å². The van der Waals surface area contributed by atoms with E-state index in [4.69, 9.17) is 9.47 Å². The molecule has 1 N–H and O–H groups in total. The van der Waals surface area contributed by atoms with Gasteiger partial charge in [-0.3, -0.25) is 4.90 Å². The molecule has 3 fully saturated rings. The van der Waals surface area contributed by atoms with Crippen molar-refractivity contribution in [2.24, 2.45) is 0 Å². The van der Waals surface area contributed by atoms with Gasteiger partial charge in [0.15, 0.2) is 9.84 Å². The van der Waals surface area contributed by atoms with Crippen LogP contribution in [0.5, 0.6) is 5.75 Å². The van der Waals surface area contributed by atoms with Gasteiger partial charge in [0.1, 0.15) is 18.5 Å². The average molecular weight is 439 g/mol. The molecule has 3 heterocycles. The van der Waals surface area contributed by atoms with Crippen LogP contribution in [0.2, 0.25) is 0 Å². The minimum absolute atomic E-state index is 0.108. The monoisotopic (exact) mass is 438 g/mol. The van der Waals surface area contributed by atoms with Crippen molar-refractivity contribution in [3.05, 3.63) is 29.8 Å². The third kappa shape index (κ3) is 5.95. The second kappa shape index (κ2) is 9.53. The Morgan fingerprint density at radius 3 is 2.57 bits per heavy atom. The Bertz CT molecular complexity index is 786. The first-order valence-corrected chi connectivity index (χ1v) is 12.9. The first-order chi connectivity index (χ1) is 14.4. The minimum Gasteiger partial charge on any atom is -0.491 e. The largest absolute Gasteiger partial charge is 0.491 e. The van der Waals surface area contributed by atoms with Gasteiger partial charge in [-0.2, -0.15) is 0 Å². The molecular formula is C22H34N2O5S. The number of ether oxygens (including phenoxy) is 2. The van der Waals surface area contributed by atoms with Crippen LogP contribution in [0.15, 0.2) is 24.3 Å².